The van der Waals surface area contributed by atoms with Crippen LogP contribution in [-0.2, 0) is 11.2 Å². The SMILES string of the molecule is CCc1ccc(NC(=O)CSc2nnc(C(C)Oc3ccc(F)cc3)n2-c2ccccc2)cc1. The molecule has 4 aromatic rings. The molecule has 1 aromatic heterocycles. The van der Waals surface area contributed by atoms with E-state index in [0.717, 1.165) is 17.8 Å². The summed E-state index contributed by atoms with van der Waals surface area (Å²) in [7, 11) is 0. The first-order valence-corrected chi connectivity index (χ1v) is 12.0. The number of anilines is 1. The molecule has 0 saturated carbocycles. The summed E-state index contributed by atoms with van der Waals surface area (Å²) in [6.45, 7) is 3.95. The summed E-state index contributed by atoms with van der Waals surface area (Å²) >= 11 is 1.30. The first-order valence-electron chi connectivity index (χ1n) is 11.0. The maximum atomic E-state index is 13.2. The third kappa shape index (κ3) is 5.82. The van der Waals surface area contributed by atoms with E-state index >= 15 is 0 Å². The van der Waals surface area contributed by atoms with Gasteiger partial charge in [-0.15, -0.1) is 10.2 Å². The lowest BCUT2D eigenvalue weighted by Crippen LogP contribution is -2.15. The number of halogens is 1. The molecular weight excluding hydrogens is 451 g/mol. The molecule has 34 heavy (non-hydrogen) atoms. The van der Waals surface area contributed by atoms with Gasteiger partial charge in [-0.1, -0.05) is 49.0 Å². The smallest absolute Gasteiger partial charge is 0.234 e. The number of para-hydroxylation sites is 1. The Morgan fingerprint density at radius 2 is 1.74 bits per heavy atom. The second kappa shape index (κ2) is 11.0. The van der Waals surface area contributed by atoms with Crippen LogP contribution in [0.3, 0.4) is 0 Å². The molecular formula is C26H25FN4O2S. The predicted molar refractivity (Wildman–Crippen MR) is 132 cm³/mol. The van der Waals surface area contributed by atoms with Gasteiger partial charge in [-0.25, -0.2) is 4.39 Å². The predicted octanol–water partition coefficient (Wildman–Crippen LogP) is 5.84. The Morgan fingerprint density at radius 1 is 1.03 bits per heavy atom. The molecule has 0 fully saturated rings. The van der Waals surface area contributed by atoms with Gasteiger partial charge < -0.3 is 10.1 Å². The Labute approximate surface area is 202 Å². The average molecular weight is 477 g/mol. The molecule has 0 aliphatic heterocycles. The minimum Gasteiger partial charge on any atom is -0.483 e. The zero-order valence-corrected chi connectivity index (χ0v) is 19.8. The number of hydrogen-bond acceptors (Lipinski definition) is 5. The Hall–Kier alpha value is -3.65. The summed E-state index contributed by atoms with van der Waals surface area (Å²) in [6, 6.07) is 23.3. The summed E-state index contributed by atoms with van der Waals surface area (Å²) in [5, 5.41) is 12.2. The van der Waals surface area contributed by atoms with Gasteiger partial charge in [0.05, 0.1) is 5.75 Å². The van der Waals surface area contributed by atoms with Gasteiger partial charge in [0.1, 0.15) is 11.6 Å². The lowest BCUT2D eigenvalue weighted by Gasteiger charge is -2.16. The van der Waals surface area contributed by atoms with Crippen molar-refractivity contribution in [1.29, 1.82) is 0 Å². The molecule has 174 valence electrons. The molecule has 4 rings (SSSR count). The second-order valence-corrected chi connectivity index (χ2v) is 8.56. The summed E-state index contributed by atoms with van der Waals surface area (Å²) in [4.78, 5) is 12.6. The highest BCUT2D eigenvalue weighted by Crippen LogP contribution is 2.28. The number of ether oxygens (including phenoxy) is 1. The Balaban J connectivity index is 1.50. The van der Waals surface area contributed by atoms with Crippen molar-refractivity contribution in [3.63, 3.8) is 0 Å². The highest BCUT2D eigenvalue weighted by molar-refractivity contribution is 7.99. The molecule has 0 saturated heterocycles. The standard InChI is InChI=1S/C26H25FN4O2S/c1-3-19-9-13-21(14-10-19)28-24(32)17-34-26-30-29-25(31(26)22-7-5-4-6-8-22)18(2)33-23-15-11-20(27)12-16-23/h4-16,18H,3,17H2,1-2H3,(H,28,32). The zero-order valence-electron chi connectivity index (χ0n) is 18.9. The molecule has 1 N–H and O–H groups in total. The van der Waals surface area contributed by atoms with E-state index in [1.165, 1.54) is 29.5 Å². The maximum Gasteiger partial charge on any atom is 0.234 e. The fraction of sp³-hybridized carbons (Fsp3) is 0.192. The summed E-state index contributed by atoms with van der Waals surface area (Å²) in [6.07, 6.45) is 0.489. The van der Waals surface area contributed by atoms with Crippen LogP contribution in [0.2, 0.25) is 0 Å². The largest absolute Gasteiger partial charge is 0.483 e. The number of thioether (sulfide) groups is 1. The summed E-state index contributed by atoms with van der Waals surface area (Å²) in [5.41, 5.74) is 2.83. The number of benzene rings is 3. The van der Waals surface area contributed by atoms with Gasteiger partial charge in [-0.3, -0.25) is 9.36 Å². The van der Waals surface area contributed by atoms with E-state index in [-0.39, 0.29) is 17.5 Å². The zero-order chi connectivity index (χ0) is 23.9. The van der Waals surface area contributed by atoms with Crippen LogP contribution in [0, 0.1) is 5.82 Å². The van der Waals surface area contributed by atoms with Gasteiger partial charge in [-0.05, 0) is 67.4 Å². The summed E-state index contributed by atoms with van der Waals surface area (Å²) in [5.74, 6) is 0.820. The molecule has 8 heteroatoms. The van der Waals surface area contributed by atoms with Gasteiger partial charge in [0.15, 0.2) is 17.1 Å². The van der Waals surface area contributed by atoms with Crippen molar-refractivity contribution in [2.45, 2.75) is 31.5 Å². The Kier molecular flexibility index (Phi) is 7.59. The molecule has 0 bridgehead atoms. The van der Waals surface area contributed by atoms with E-state index in [1.54, 1.807) is 12.1 Å². The van der Waals surface area contributed by atoms with Gasteiger partial charge in [0.2, 0.25) is 5.91 Å². The number of nitrogens with one attached hydrogen (secondary N) is 1. The van der Waals surface area contributed by atoms with Gasteiger partial charge >= 0.3 is 0 Å². The maximum absolute atomic E-state index is 13.2. The van der Waals surface area contributed by atoms with Crippen LogP contribution in [0.1, 0.15) is 31.3 Å². The highest BCUT2D eigenvalue weighted by Gasteiger charge is 2.21. The van der Waals surface area contributed by atoms with E-state index in [2.05, 4.69) is 22.4 Å². The van der Waals surface area contributed by atoms with Crippen LogP contribution in [0.5, 0.6) is 5.75 Å². The topological polar surface area (TPSA) is 69.0 Å². The van der Waals surface area contributed by atoms with Crippen molar-refractivity contribution in [2.24, 2.45) is 0 Å². The molecule has 0 radical (unpaired) electrons. The van der Waals surface area contributed by atoms with Crippen LogP contribution in [0.4, 0.5) is 10.1 Å². The normalized spacial score (nSPS) is 11.7. The molecule has 0 aliphatic rings. The van der Waals surface area contributed by atoms with E-state index < -0.39 is 6.10 Å². The lowest BCUT2D eigenvalue weighted by molar-refractivity contribution is -0.113. The van der Waals surface area contributed by atoms with Crippen molar-refractivity contribution in [3.05, 3.63) is 96.1 Å². The average Bonchev–Trinajstić information content (AvgIpc) is 3.29. The van der Waals surface area contributed by atoms with Crippen molar-refractivity contribution in [3.8, 4) is 11.4 Å². The first kappa shape index (κ1) is 23.5. The van der Waals surface area contributed by atoms with Crippen LogP contribution in [0.15, 0.2) is 84.0 Å². The van der Waals surface area contributed by atoms with Crippen molar-refractivity contribution in [1.82, 2.24) is 14.8 Å². The first-order chi connectivity index (χ1) is 16.5. The number of amides is 1. The van der Waals surface area contributed by atoms with Gasteiger partial charge in [-0.2, -0.15) is 0 Å². The van der Waals surface area contributed by atoms with E-state index in [4.69, 9.17) is 4.74 Å². The molecule has 1 unspecified atom stereocenters. The number of aromatic nitrogens is 3. The van der Waals surface area contributed by atoms with Gasteiger partial charge in [0.25, 0.3) is 0 Å². The third-order valence-corrected chi connectivity index (χ3v) is 6.07. The lowest BCUT2D eigenvalue weighted by atomic mass is 10.1. The van der Waals surface area contributed by atoms with E-state index in [0.29, 0.717) is 16.7 Å². The van der Waals surface area contributed by atoms with Crippen LogP contribution in [0.25, 0.3) is 5.69 Å². The van der Waals surface area contributed by atoms with Crippen LogP contribution in [-0.4, -0.2) is 26.4 Å². The number of rotatable bonds is 9. The molecule has 6 nitrogen and oxygen atoms in total. The number of carbonyl (C=O) groups is 1. The van der Waals surface area contributed by atoms with Crippen molar-refractivity contribution >= 4 is 23.4 Å². The summed E-state index contributed by atoms with van der Waals surface area (Å²) < 4.78 is 21.1. The monoisotopic (exact) mass is 476 g/mol. The quantitative estimate of drug-likeness (QED) is 0.307. The fourth-order valence-corrected chi connectivity index (χ4v) is 4.14. The minimum absolute atomic E-state index is 0.131. The minimum atomic E-state index is -0.460. The number of carbonyl (C=O) groups excluding carboxylic acids is 1. The second-order valence-electron chi connectivity index (χ2n) is 7.61. The molecule has 0 aliphatic carbocycles. The van der Waals surface area contributed by atoms with E-state index in [1.807, 2.05) is 66.1 Å². The Morgan fingerprint density at radius 3 is 2.41 bits per heavy atom. The molecule has 3 aromatic carbocycles. The van der Waals surface area contributed by atoms with Gasteiger partial charge in [0, 0.05) is 11.4 Å². The number of hydrogen-bond donors (Lipinski definition) is 1. The number of nitrogens with zero attached hydrogens (tertiary/aromatic N) is 3. The highest BCUT2D eigenvalue weighted by atomic mass is 32.2. The van der Waals surface area contributed by atoms with Crippen molar-refractivity contribution in [2.75, 3.05) is 11.1 Å². The van der Waals surface area contributed by atoms with E-state index in [9.17, 15) is 9.18 Å². The third-order valence-electron chi connectivity index (χ3n) is 5.14. The molecule has 1 heterocycles. The van der Waals surface area contributed by atoms with Crippen LogP contribution < -0.4 is 10.1 Å². The number of aryl methyl sites for hydroxylation is 1. The molecule has 0 spiro atoms. The molecule has 1 atom stereocenters. The van der Waals surface area contributed by atoms with Crippen molar-refractivity contribution < 1.29 is 13.9 Å². The van der Waals surface area contributed by atoms with Crippen LogP contribution >= 0.6 is 11.8 Å². The molecule has 1 amide bonds. The Bertz CT molecular complexity index is 1230. The fourth-order valence-electron chi connectivity index (χ4n) is 3.38.